The highest BCUT2D eigenvalue weighted by atomic mass is 32.2. The number of fused-ring (bicyclic) bond motifs is 1. The molecule has 0 fully saturated rings. The van der Waals surface area contributed by atoms with E-state index in [2.05, 4.69) is 4.72 Å². The number of sulfonamides is 1. The van der Waals surface area contributed by atoms with Gasteiger partial charge in [-0.1, -0.05) is 48.5 Å². The third kappa shape index (κ3) is 4.06. The Morgan fingerprint density at radius 2 is 1.58 bits per heavy atom. The highest BCUT2D eigenvalue weighted by Crippen LogP contribution is 2.23. The quantitative estimate of drug-likeness (QED) is 0.708. The van der Waals surface area contributed by atoms with Gasteiger partial charge in [0, 0.05) is 0 Å². The van der Waals surface area contributed by atoms with E-state index in [9.17, 15) is 8.42 Å². The van der Waals surface area contributed by atoms with Crippen molar-refractivity contribution >= 4 is 20.8 Å². The molecule has 0 heterocycles. The first-order valence-corrected chi connectivity index (χ1v) is 10.1. The maximum absolute atomic E-state index is 12.7. The van der Waals surface area contributed by atoms with E-state index in [-0.39, 0.29) is 17.5 Å². The SMILES string of the molecule is Cc1cccc(C)c1OCC(C)NS(=O)(=O)c1ccc2ccccc2c1. The molecular formula is C21H23NO3S. The van der Waals surface area contributed by atoms with Gasteiger partial charge in [-0.2, -0.15) is 0 Å². The summed E-state index contributed by atoms with van der Waals surface area (Å²) in [5.41, 5.74) is 2.07. The standard InChI is InChI=1S/C21H23NO3S/c1-15-7-6-8-16(2)21(15)25-14-17(3)22-26(23,24)20-12-11-18-9-4-5-10-19(18)13-20/h4-13,17,22H,14H2,1-3H3. The smallest absolute Gasteiger partial charge is 0.240 e. The van der Waals surface area contributed by atoms with Gasteiger partial charge in [-0.25, -0.2) is 13.1 Å². The molecule has 0 bridgehead atoms. The first kappa shape index (κ1) is 18.4. The van der Waals surface area contributed by atoms with Crippen LogP contribution in [-0.2, 0) is 10.0 Å². The van der Waals surface area contributed by atoms with Crippen molar-refractivity contribution in [2.24, 2.45) is 0 Å². The molecule has 136 valence electrons. The maximum atomic E-state index is 12.7. The number of ether oxygens (including phenoxy) is 1. The van der Waals surface area contributed by atoms with E-state index in [0.717, 1.165) is 27.6 Å². The number of hydrogen-bond donors (Lipinski definition) is 1. The van der Waals surface area contributed by atoms with Gasteiger partial charge in [0.25, 0.3) is 0 Å². The van der Waals surface area contributed by atoms with Crippen LogP contribution in [0.2, 0.25) is 0 Å². The number of benzene rings is 3. The van der Waals surface area contributed by atoms with Crippen molar-refractivity contribution in [3.63, 3.8) is 0 Å². The van der Waals surface area contributed by atoms with Crippen LogP contribution in [0.1, 0.15) is 18.1 Å². The monoisotopic (exact) mass is 369 g/mol. The van der Waals surface area contributed by atoms with Gasteiger partial charge in [0.1, 0.15) is 12.4 Å². The summed E-state index contributed by atoms with van der Waals surface area (Å²) < 4.78 is 33.9. The highest BCUT2D eigenvalue weighted by Gasteiger charge is 2.18. The normalized spacial score (nSPS) is 12.9. The average Bonchev–Trinajstić information content (AvgIpc) is 2.60. The Morgan fingerprint density at radius 1 is 0.923 bits per heavy atom. The summed E-state index contributed by atoms with van der Waals surface area (Å²) in [4.78, 5) is 0.259. The van der Waals surface area contributed by atoms with Crippen LogP contribution in [0.4, 0.5) is 0 Å². The van der Waals surface area contributed by atoms with Crippen molar-refractivity contribution in [1.29, 1.82) is 0 Å². The first-order chi connectivity index (χ1) is 12.4. The molecule has 26 heavy (non-hydrogen) atoms. The van der Waals surface area contributed by atoms with Gasteiger partial charge in [0.2, 0.25) is 10.0 Å². The van der Waals surface area contributed by atoms with E-state index >= 15 is 0 Å². The lowest BCUT2D eigenvalue weighted by Gasteiger charge is -2.17. The molecule has 0 saturated heterocycles. The Labute approximate surface area is 154 Å². The predicted molar refractivity (Wildman–Crippen MR) is 105 cm³/mol. The number of para-hydroxylation sites is 1. The van der Waals surface area contributed by atoms with Crippen molar-refractivity contribution in [2.45, 2.75) is 31.7 Å². The van der Waals surface area contributed by atoms with Crippen LogP contribution in [0.25, 0.3) is 10.8 Å². The molecular weight excluding hydrogens is 346 g/mol. The third-order valence-electron chi connectivity index (χ3n) is 4.27. The second-order valence-corrected chi connectivity index (χ2v) is 8.28. The largest absolute Gasteiger partial charge is 0.491 e. The van der Waals surface area contributed by atoms with E-state index in [4.69, 9.17) is 4.74 Å². The lowest BCUT2D eigenvalue weighted by Crippen LogP contribution is -2.36. The molecule has 0 aliphatic rings. The van der Waals surface area contributed by atoms with Crippen molar-refractivity contribution in [1.82, 2.24) is 4.72 Å². The van der Waals surface area contributed by atoms with Crippen LogP contribution >= 0.6 is 0 Å². The second-order valence-electron chi connectivity index (χ2n) is 6.56. The van der Waals surface area contributed by atoms with Gasteiger partial charge in [-0.3, -0.25) is 0 Å². The lowest BCUT2D eigenvalue weighted by atomic mass is 10.1. The number of rotatable bonds is 6. The molecule has 0 amide bonds. The topological polar surface area (TPSA) is 55.4 Å². The predicted octanol–water partition coefficient (Wildman–Crippen LogP) is 4.20. The Morgan fingerprint density at radius 3 is 2.27 bits per heavy atom. The summed E-state index contributed by atoms with van der Waals surface area (Å²) in [6.45, 7) is 6.02. The molecule has 0 aromatic heterocycles. The molecule has 0 radical (unpaired) electrons. The summed E-state index contributed by atoms with van der Waals surface area (Å²) in [7, 11) is -3.61. The molecule has 1 atom stereocenters. The Bertz CT molecular complexity index is 1010. The van der Waals surface area contributed by atoms with Gasteiger partial charge < -0.3 is 4.74 Å². The number of hydrogen-bond acceptors (Lipinski definition) is 3. The molecule has 0 aliphatic carbocycles. The van der Waals surface area contributed by atoms with E-state index < -0.39 is 10.0 Å². The lowest BCUT2D eigenvalue weighted by molar-refractivity contribution is 0.284. The zero-order valence-electron chi connectivity index (χ0n) is 15.2. The third-order valence-corrected chi connectivity index (χ3v) is 5.86. The van der Waals surface area contributed by atoms with Crippen LogP contribution in [-0.4, -0.2) is 21.1 Å². The zero-order valence-corrected chi connectivity index (χ0v) is 16.0. The molecule has 0 spiro atoms. The fourth-order valence-corrected chi connectivity index (χ4v) is 4.20. The van der Waals surface area contributed by atoms with Gasteiger partial charge in [0.05, 0.1) is 10.9 Å². The van der Waals surface area contributed by atoms with E-state index in [1.165, 1.54) is 0 Å². The van der Waals surface area contributed by atoms with E-state index in [1.54, 1.807) is 19.1 Å². The molecule has 0 aliphatic heterocycles. The molecule has 5 heteroatoms. The van der Waals surface area contributed by atoms with Gasteiger partial charge in [0.15, 0.2) is 0 Å². The van der Waals surface area contributed by atoms with E-state index in [0.29, 0.717) is 0 Å². The van der Waals surface area contributed by atoms with Crippen LogP contribution in [0.15, 0.2) is 65.6 Å². The molecule has 1 unspecified atom stereocenters. The van der Waals surface area contributed by atoms with Gasteiger partial charge >= 0.3 is 0 Å². The average molecular weight is 369 g/mol. The van der Waals surface area contributed by atoms with Crippen LogP contribution < -0.4 is 9.46 Å². The Kier molecular flexibility index (Phi) is 5.30. The number of nitrogens with one attached hydrogen (secondary N) is 1. The minimum atomic E-state index is -3.61. The number of aryl methyl sites for hydroxylation is 2. The van der Waals surface area contributed by atoms with Crippen molar-refractivity contribution in [2.75, 3.05) is 6.61 Å². The summed E-state index contributed by atoms with van der Waals surface area (Å²) >= 11 is 0. The summed E-state index contributed by atoms with van der Waals surface area (Å²) in [5.74, 6) is 0.809. The van der Waals surface area contributed by atoms with E-state index in [1.807, 2.05) is 62.4 Å². The Hall–Kier alpha value is -2.37. The Balaban J connectivity index is 1.71. The fourth-order valence-electron chi connectivity index (χ4n) is 2.94. The fraction of sp³-hybridized carbons (Fsp3) is 0.238. The highest BCUT2D eigenvalue weighted by molar-refractivity contribution is 7.89. The van der Waals surface area contributed by atoms with Gasteiger partial charge in [-0.15, -0.1) is 0 Å². The second kappa shape index (κ2) is 7.48. The summed E-state index contributed by atoms with van der Waals surface area (Å²) in [5, 5.41) is 1.91. The molecule has 3 aromatic carbocycles. The minimum absolute atomic E-state index is 0.259. The van der Waals surface area contributed by atoms with Crippen LogP contribution in [0.5, 0.6) is 5.75 Å². The molecule has 4 nitrogen and oxygen atoms in total. The maximum Gasteiger partial charge on any atom is 0.240 e. The summed E-state index contributed by atoms with van der Waals surface area (Å²) in [6, 6.07) is 18.4. The molecule has 3 aromatic rings. The molecule has 3 rings (SSSR count). The van der Waals surface area contributed by atoms with Crippen LogP contribution in [0.3, 0.4) is 0 Å². The van der Waals surface area contributed by atoms with Crippen molar-refractivity contribution in [3.05, 3.63) is 71.8 Å². The van der Waals surface area contributed by atoms with Crippen molar-refractivity contribution < 1.29 is 13.2 Å². The molecule has 0 saturated carbocycles. The first-order valence-electron chi connectivity index (χ1n) is 8.57. The summed E-state index contributed by atoms with van der Waals surface area (Å²) in [6.07, 6.45) is 0. The van der Waals surface area contributed by atoms with Crippen molar-refractivity contribution in [3.8, 4) is 5.75 Å². The minimum Gasteiger partial charge on any atom is -0.491 e. The van der Waals surface area contributed by atoms with Crippen LogP contribution in [0, 0.1) is 13.8 Å². The van der Waals surface area contributed by atoms with Gasteiger partial charge in [-0.05, 0) is 54.8 Å². The zero-order chi connectivity index (χ0) is 18.7. The molecule has 1 N–H and O–H groups in total.